The van der Waals surface area contributed by atoms with Gasteiger partial charge in [-0.3, -0.25) is 0 Å². The van der Waals surface area contributed by atoms with Gasteiger partial charge in [0.1, 0.15) is 5.60 Å². The summed E-state index contributed by atoms with van der Waals surface area (Å²) in [4.78, 5) is 11.9. The Bertz CT molecular complexity index is 391. The first-order valence-corrected chi connectivity index (χ1v) is 6.34. The van der Waals surface area contributed by atoms with Gasteiger partial charge in [-0.15, -0.1) is 0 Å². The van der Waals surface area contributed by atoms with Crippen molar-refractivity contribution in [2.24, 2.45) is 0 Å². The predicted molar refractivity (Wildman–Crippen MR) is 69.0 cm³/mol. The lowest BCUT2D eigenvalue weighted by Crippen LogP contribution is -2.24. The number of alkyl halides is 1. The minimum absolute atomic E-state index is 0.257. The zero-order valence-electron chi connectivity index (χ0n) is 10.1. The molecule has 2 nitrogen and oxygen atoms in total. The zero-order valence-corrected chi connectivity index (χ0v) is 11.7. The van der Waals surface area contributed by atoms with Crippen LogP contribution in [0.5, 0.6) is 0 Å². The Kier molecular flexibility index (Phi) is 4.14. The van der Waals surface area contributed by atoms with Crippen molar-refractivity contribution in [3.63, 3.8) is 0 Å². The van der Waals surface area contributed by atoms with Crippen LogP contribution in [0.15, 0.2) is 18.2 Å². The summed E-state index contributed by atoms with van der Waals surface area (Å²) in [5, 5.41) is 0.739. The number of carbonyl (C=O) groups is 1. The van der Waals surface area contributed by atoms with Gasteiger partial charge in [-0.1, -0.05) is 28.1 Å². The SMILES string of the molecule is Cc1ccc(CBr)cc1C(=O)OC(C)(C)C. The summed E-state index contributed by atoms with van der Waals surface area (Å²) in [5.41, 5.74) is 2.21. The largest absolute Gasteiger partial charge is 0.456 e. The lowest BCUT2D eigenvalue weighted by molar-refractivity contribution is 0.00687. The average Bonchev–Trinajstić information content (AvgIpc) is 2.15. The molecule has 0 aliphatic rings. The highest BCUT2D eigenvalue weighted by Gasteiger charge is 2.19. The third kappa shape index (κ3) is 3.63. The van der Waals surface area contributed by atoms with E-state index in [4.69, 9.17) is 4.74 Å². The zero-order chi connectivity index (χ0) is 12.3. The van der Waals surface area contributed by atoms with Crippen molar-refractivity contribution in [3.05, 3.63) is 34.9 Å². The van der Waals surface area contributed by atoms with Crippen molar-refractivity contribution in [1.29, 1.82) is 0 Å². The lowest BCUT2D eigenvalue weighted by Gasteiger charge is -2.20. The molecule has 1 aromatic carbocycles. The molecule has 1 aromatic rings. The fraction of sp³-hybridized carbons (Fsp3) is 0.462. The Morgan fingerprint density at radius 3 is 2.50 bits per heavy atom. The number of halogens is 1. The van der Waals surface area contributed by atoms with Gasteiger partial charge in [0.05, 0.1) is 5.56 Å². The van der Waals surface area contributed by atoms with Gasteiger partial charge >= 0.3 is 5.97 Å². The van der Waals surface area contributed by atoms with Gasteiger partial charge in [-0.05, 0) is 44.9 Å². The fourth-order valence-electron chi connectivity index (χ4n) is 1.31. The van der Waals surface area contributed by atoms with Gasteiger partial charge in [0.2, 0.25) is 0 Å². The van der Waals surface area contributed by atoms with Crippen LogP contribution in [0.2, 0.25) is 0 Å². The molecule has 3 heteroatoms. The molecule has 16 heavy (non-hydrogen) atoms. The predicted octanol–water partition coefficient (Wildman–Crippen LogP) is 3.85. The van der Waals surface area contributed by atoms with E-state index in [-0.39, 0.29) is 5.97 Å². The number of rotatable bonds is 2. The van der Waals surface area contributed by atoms with E-state index in [1.165, 1.54) is 0 Å². The van der Waals surface area contributed by atoms with Crippen molar-refractivity contribution in [3.8, 4) is 0 Å². The van der Waals surface area contributed by atoms with Crippen LogP contribution in [0.4, 0.5) is 0 Å². The van der Waals surface area contributed by atoms with Crippen LogP contribution >= 0.6 is 15.9 Å². The van der Waals surface area contributed by atoms with E-state index in [2.05, 4.69) is 15.9 Å². The van der Waals surface area contributed by atoms with Gasteiger partial charge in [0.15, 0.2) is 0 Å². The van der Waals surface area contributed by atoms with E-state index in [0.29, 0.717) is 5.56 Å². The summed E-state index contributed by atoms with van der Waals surface area (Å²) in [6.07, 6.45) is 0. The molecule has 0 bridgehead atoms. The Morgan fingerprint density at radius 1 is 1.38 bits per heavy atom. The molecule has 0 saturated carbocycles. The molecule has 0 aliphatic heterocycles. The number of aryl methyl sites for hydroxylation is 1. The Hall–Kier alpha value is -0.830. The van der Waals surface area contributed by atoms with Crippen LogP contribution in [0, 0.1) is 6.92 Å². The molecular formula is C13H17BrO2. The number of ether oxygens (including phenoxy) is 1. The van der Waals surface area contributed by atoms with E-state index in [1.54, 1.807) is 0 Å². The van der Waals surface area contributed by atoms with E-state index >= 15 is 0 Å². The van der Waals surface area contributed by atoms with Crippen LogP contribution in [0.3, 0.4) is 0 Å². The van der Waals surface area contributed by atoms with E-state index < -0.39 is 5.60 Å². The van der Waals surface area contributed by atoms with Gasteiger partial charge in [0.25, 0.3) is 0 Å². The smallest absolute Gasteiger partial charge is 0.338 e. The molecule has 0 saturated heterocycles. The highest BCUT2D eigenvalue weighted by Crippen LogP contribution is 2.18. The molecule has 0 aromatic heterocycles. The maximum Gasteiger partial charge on any atom is 0.338 e. The van der Waals surface area contributed by atoms with Crippen molar-refractivity contribution in [2.75, 3.05) is 0 Å². The first-order valence-electron chi connectivity index (χ1n) is 5.22. The molecular weight excluding hydrogens is 268 g/mol. The van der Waals surface area contributed by atoms with Crippen molar-refractivity contribution >= 4 is 21.9 Å². The second-order valence-corrected chi connectivity index (χ2v) is 5.35. The average molecular weight is 285 g/mol. The Labute approximate surface area is 105 Å². The van der Waals surface area contributed by atoms with Gasteiger partial charge in [-0.2, -0.15) is 0 Å². The molecule has 1 rings (SSSR count). The number of hydrogen-bond acceptors (Lipinski definition) is 2. The number of esters is 1. The third-order valence-corrected chi connectivity index (χ3v) is 2.72. The molecule has 0 aliphatic carbocycles. The molecule has 0 atom stereocenters. The topological polar surface area (TPSA) is 26.3 Å². The first-order chi connectivity index (χ1) is 7.33. The second-order valence-electron chi connectivity index (χ2n) is 4.78. The maximum absolute atomic E-state index is 11.9. The van der Waals surface area contributed by atoms with Crippen LogP contribution < -0.4 is 0 Å². The van der Waals surface area contributed by atoms with Gasteiger partial charge in [-0.25, -0.2) is 4.79 Å². The summed E-state index contributed by atoms with van der Waals surface area (Å²) < 4.78 is 5.35. The lowest BCUT2D eigenvalue weighted by atomic mass is 10.1. The molecule has 0 unspecified atom stereocenters. The third-order valence-electron chi connectivity index (χ3n) is 2.08. The van der Waals surface area contributed by atoms with Crippen molar-refractivity contribution in [2.45, 2.75) is 38.6 Å². The Morgan fingerprint density at radius 2 is 2.00 bits per heavy atom. The van der Waals surface area contributed by atoms with Crippen LogP contribution in [-0.2, 0) is 10.1 Å². The van der Waals surface area contributed by atoms with E-state index in [9.17, 15) is 4.79 Å². The van der Waals surface area contributed by atoms with Gasteiger partial charge in [0, 0.05) is 5.33 Å². The normalized spacial score (nSPS) is 11.3. The highest BCUT2D eigenvalue weighted by atomic mass is 79.9. The maximum atomic E-state index is 11.9. The summed E-state index contributed by atoms with van der Waals surface area (Å²) in [7, 11) is 0. The van der Waals surface area contributed by atoms with Crippen LogP contribution in [-0.4, -0.2) is 11.6 Å². The summed E-state index contributed by atoms with van der Waals surface area (Å²) >= 11 is 3.37. The fourth-order valence-corrected chi connectivity index (χ4v) is 1.65. The van der Waals surface area contributed by atoms with Gasteiger partial charge < -0.3 is 4.74 Å². The second kappa shape index (κ2) is 5.00. The standard InChI is InChI=1S/C13H17BrO2/c1-9-5-6-10(8-14)7-11(9)12(15)16-13(2,3)4/h5-7H,8H2,1-4H3. The molecule has 0 amide bonds. The molecule has 0 heterocycles. The summed E-state index contributed by atoms with van der Waals surface area (Å²) in [5.74, 6) is -0.257. The number of benzene rings is 1. The number of carbonyl (C=O) groups excluding carboxylic acids is 1. The van der Waals surface area contributed by atoms with Crippen molar-refractivity contribution in [1.82, 2.24) is 0 Å². The quantitative estimate of drug-likeness (QED) is 0.609. The molecule has 0 radical (unpaired) electrons. The Balaban J connectivity index is 2.98. The first kappa shape index (κ1) is 13.2. The van der Waals surface area contributed by atoms with Crippen molar-refractivity contribution < 1.29 is 9.53 Å². The summed E-state index contributed by atoms with van der Waals surface area (Å²) in [6.45, 7) is 7.52. The minimum Gasteiger partial charge on any atom is -0.456 e. The molecule has 0 spiro atoms. The van der Waals surface area contributed by atoms with Crippen LogP contribution in [0.25, 0.3) is 0 Å². The molecule has 0 fully saturated rings. The van der Waals surface area contributed by atoms with E-state index in [1.807, 2.05) is 45.9 Å². The molecule has 0 N–H and O–H groups in total. The van der Waals surface area contributed by atoms with Crippen LogP contribution in [0.1, 0.15) is 42.3 Å². The monoisotopic (exact) mass is 284 g/mol. The number of hydrogen-bond donors (Lipinski definition) is 0. The highest BCUT2D eigenvalue weighted by molar-refractivity contribution is 9.08. The summed E-state index contributed by atoms with van der Waals surface area (Å²) in [6, 6.07) is 5.81. The van der Waals surface area contributed by atoms with E-state index in [0.717, 1.165) is 16.5 Å². The molecule has 88 valence electrons. The minimum atomic E-state index is -0.450.